The number of hydrogen-bond acceptors (Lipinski definition) is 5. The lowest BCUT2D eigenvalue weighted by molar-refractivity contribution is 0.0784. The van der Waals surface area contributed by atoms with Crippen LogP contribution in [-0.4, -0.2) is 56.3 Å². The van der Waals surface area contributed by atoms with Gasteiger partial charge in [0.1, 0.15) is 0 Å². The molecule has 1 amide bonds. The number of methoxy groups -OCH3 is 1. The lowest BCUT2D eigenvalue weighted by Crippen LogP contribution is -2.37. The quantitative estimate of drug-likeness (QED) is 0.834. The fraction of sp³-hybridized carbons (Fsp3) is 0.368. The fourth-order valence-corrected chi connectivity index (χ4v) is 2.93. The van der Waals surface area contributed by atoms with Crippen LogP contribution in [0.3, 0.4) is 0 Å². The number of morpholine rings is 1. The SMILES string of the molecule is COc1ccc(C(=O)N(C)Cc2ccccc2N2CCOCC2)cn1. The van der Waals surface area contributed by atoms with Crippen molar-refractivity contribution < 1.29 is 14.3 Å². The molecule has 2 aromatic rings. The second kappa shape index (κ2) is 7.98. The number of para-hydroxylation sites is 1. The summed E-state index contributed by atoms with van der Waals surface area (Å²) in [5.41, 5.74) is 2.84. The smallest absolute Gasteiger partial charge is 0.255 e. The molecule has 0 bridgehead atoms. The number of ether oxygens (including phenoxy) is 2. The van der Waals surface area contributed by atoms with E-state index in [1.165, 1.54) is 5.69 Å². The molecule has 132 valence electrons. The Bertz CT molecular complexity index is 712. The molecule has 1 saturated heterocycles. The standard InChI is InChI=1S/C19H23N3O3/c1-21(19(23)15-7-8-18(24-2)20-13-15)14-16-5-3-4-6-17(16)22-9-11-25-12-10-22/h3-8,13H,9-12,14H2,1-2H3. The average molecular weight is 341 g/mol. The predicted molar refractivity (Wildman–Crippen MR) is 96.1 cm³/mol. The molecule has 1 aromatic heterocycles. The van der Waals surface area contributed by atoms with Gasteiger partial charge in [-0.1, -0.05) is 18.2 Å². The van der Waals surface area contributed by atoms with Gasteiger partial charge < -0.3 is 19.3 Å². The molecule has 1 aliphatic heterocycles. The lowest BCUT2D eigenvalue weighted by Gasteiger charge is -2.31. The Kier molecular flexibility index (Phi) is 5.50. The summed E-state index contributed by atoms with van der Waals surface area (Å²) < 4.78 is 10.5. The average Bonchev–Trinajstić information content (AvgIpc) is 2.68. The maximum absolute atomic E-state index is 12.6. The molecule has 0 unspecified atom stereocenters. The van der Waals surface area contributed by atoms with Crippen LogP contribution >= 0.6 is 0 Å². The van der Waals surface area contributed by atoms with Crippen LogP contribution in [-0.2, 0) is 11.3 Å². The minimum atomic E-state index is -0.0630. The zero-order chi connectivity index (χ0) is 17.6. The Morgan fingerprint density at radius 3 is 2.68 bits per heavy atom. The number of anilines is 1. The van der Waals surface area contributed by atoms with E-state index in [0.717, 1.165) is 31.9 Å². The molecule has 3 rings (SSSR count). The largest absolute Gasteiger partial charge is 0.481 e. The number of hydrogen-bond donors (Lipinski definition) is 0. The van der Waals surface area contributed by atoms with E-state index in [0.29, 0.717) is 18.0 Å². The van der Waals surface area contributed by atoms with Gasteiger partial charge in [-0.15, -0.1) is 0 Å². The summed E-state index contributed by atoms with van der Waals surface area (Å²) >= 11 is 0. The minimum absolute atomic E-state index is 0.0630. The molecule has 0 radical (unpaired) electrons. The monoisotopic (exact) mass is 341 g/mol. The first-order valence-corrected chi connectivity index (χ1v) is 8.35. The van der Waals surface area contributed by atoms with Crippen LogP contribution in [0.5, 0.6) is 5.88 Å². The maximum atomic E-state index is 12.6. The zero-order valence-corrected chi connectivity index (χ0v) is 14.6. The second-order valence-electron chi connectivity index (χ2n) is 5.98. The van der Waals surface area contributed by atoms with E-state index in [4.69, 9.17) is 9.47 Å². The third-order valence-electron chi connectivity index (χ3n) is 4.29. The first kappa shape index (κ1) is 17.2. The van der Waals surface area contributed by atoms with Crippen molar-refractivity contribution in [3.05, 3.63) is 53.7 Å². The van der Waals surface area contributed by atoms with E-state index in [2.05, 4.69) is 22.0 Å². The fourth-order valence-electron chi connectivity index (χ4n) is 2.93. The van der Waals surface area contributed by atoms with E-state index in [-0.39, 0.29) is 5.91 Å². The van der Waals surface area contributed by atoms with Crippen molar-refractivity contribution in [3.8, 4) is 5.88 Å². The summed E-state index contributed by atoms with van der Waals surface area (Å²) in [6.45, 7) is 3.76. The van der Waals surface area contributed by atoms with Gasteiger partial charge >= 0.3 is 0 Å². The number of aromatic nitrogens is 1. The van der Waals surface area contributed by atoms with Crippen molar-refractivity contribution >= 4 is 11.6 Å². The van der Waals surface area contributed by atoms with Crippen LogP contribution in [0.2, 0.25) is 0 Å². The van der Waals surface area contributed by atoms with Crippen molar-refractivity contribution in [3.63, 3.8) is 0 Å². The first-order valence-electron chi connectivity index (χ1n) is 8.35. The molecule has 1 aromatic carbocycles. The number of benzene rings is 1. The Hall–Kier alpha value is -2.60. The third kappa shape index (κ3) is 4.09. The number of carbonyl (C=O) groups is 1. The van der Waals surface area contributed by atoms with Gasteiger partial charge in [0.05, 0.1) is 25.9 Å². The zero-order valence-electron chi connectivity index (χ0n) is 14.6. The van der Waals surface area contributed by atoms with Crippen molar-refractivity contribution in [2.45, 2.75) is 6.54 Å². The van der Waals surface area contributed by atoms with Crippen molar-refractivity contribution in [2.24, 2.45) is 0 Å². The van der Waals surface area contributed by atoms with Crippen LogP contribution in [0.15, 0.2) is 42.6 Å². The van der Waals surface area contributed by atoms with Gasteiger partial charge in [-0.3, -0.25) is 4.79 Å². The van der Waals surface area contributed by atoms with Crippen LogP contribution in [0.1, 0.15) is 15.9 Å². The molecule has 0 spiro atoms. The molecule has 6 nitrogen and oxygen atoms in total. The number of amides is 1. The van der Waals surface area contributed by atoms with E-state index in [9.17, 15) is 4.79 Å². The van der Waals surface area contributed by atoms with E-state index in [1.54, 1.807) is 30.3 Å². The molecule has 1 aliphatic rings. The van der Waals surface area contributed by atoms with Crippen molar-refractivity contribution in [2.75, 3.05) is 45.4 Å². The molecule has 1 fully saturated rings. The highest BCUT2D eigenvalue weighted by atomic mass is 16.5. The van der Waals surface area contributed by atoms with Crippen molar-refractivity contribution in [1.82, 2.24) is 9.88 Å². The summed E-state index contributed by atoms with van der Waals surface area (Å²) in [5, 5.41) is 0. The normalized spacial score (nSPS) is 14.2. The minimum Gasteiger partial charge on any atom is -0.481 e. The van der Waals surface area contributed by atoms with Gasteiger partial charge in [0, 0.05) is 44.6 Å². The van der Waals surface area contributed by atoms with Gasteiger partial charge in [0.25, 0.3) is 5.91 Å². The third-order valence-corrected chi connectivity index (χ3v) is 4.29. The summed E-state index contributed by atoms with van der Waals surface area (Å²) in [4.78, 5) is 20.8. The van der Waals surface area contributed by atoms with Gasteiger partial charge in [-0.25, -0.2) is 4.98 Å². The Labute approximate surface area is 148 Å². The predicted octanol–water partition coefficient (Wildman–Crippen LogP) is 2.20. The van der Waals surface area contributed by atoms with Crippen LogP contribution < -0.4 is 9.64 Å². The highest BCUT2D eigenvalue weighted by Crippen LogP contribution is 2.23. The molecule has 25 heavy (non-hydrogen) atoms. The summed E-state index contributed by atoms with van der Waals surface area (Å²) in [6.07, 6.45) is 1.55. The van der Waals surface area contributed by atoms with E-state index in [1.807, 2.05) is 19.2 Å². The van der Waals surface area contributed by atoms with Crippen LogP contribution in [0.4, 0.5) is 5.69 Å². The molecular formula is C19H23N3O3. The van der Waals surface area contributed by atoms with Crippen molar-refractivity contribution in [1.29, 1.82) is 0 Å². The molecule has 0 saturated carbocycles. The Balaban J connectivity index is 1.73. The number of rotatable bonds is 5. The molecule has 6 heteroatoms. The van der Waals surface area contributed by atoms with E-state index >= 15 is 0 Å². The van der Waals surface area contributed by atoms with E-state index < -0.39 is 0 Å². The highest BCUT2D eigenvalue weighted by Gasteiger charge is 2.18. The Morgan fingerprint density at radius 1 is 1.24 bits per heavy atom. The molecule has 0 atom stereocenters. The summed E-state index contributed by atoms with van der Waals surface area (Å²) in [6, 6.07) is 11.6. The maximum Gasteiger partial charge on any atom is 0.255 e. The van der Waals surface area contributed by atoms with Gasteiger partial charge in [0.2, 0.25) is 5.88 Å². The van der Waals surface area contributed by atoms with Gasteiger partial charge in [-0.2, -0.15) is 0 Å². The van der Waals surface area contributed by atoms with Crippen LogP contribution in [0, 0.1) is 0 Å². The lowest BCUT2D eigenvalue weighted by atomic mass is 10.1. The Morgan fingerprint density at radius 2 is 2.00 bits per heavy atom. The molecule has 0 N–H and O–H groups in total. The molecule has 2 heterocycles. The molecular weight excluding hydrogens is 318 g/mol. The highest BCUT2D eigenvalue weighted by molar-refractivity contribution is 5.93. The first-order chi connectivity index (χ1) is 12.2. The van der Waals surface area contributed by atoms with Gasteiger partial charge in [0.15, 0.2) is 0 Å². The summed E-state index contributed by atoms with van der Waals surface area (Å²) in [5.74, 6) is 0.434. The van der Waals surface area contributed by atoms with Crippen LogP contribution in [0.25, 0.3) is 0 Å². The number of carbonyl (C=O) groups excluding carboxylic acids is 1. The topological polar surface area (TPSA) is 54.9 Å². The molecule has 0 aliphatic carbocycles. The number of pyridine rings is 1. The summed E-state index contributed by atoms with van der Waals surface area (Å²) in [7, 11) is 3.36. The number of nitrogens with zero attached hydrogens (tertiary/aromatic N) is 3. The van der Waals surface area contributed by atoms with Gasteiger partial charge in [-0.05, 0) is 17.7 Å². The second-order valence-corrected chi connectivity index (χ2v) is 5.98.